The lowest BCUT2D eigenvalue weighted by atomic mass is 10.0. The summed E-state index contributed by atoms with van der Waals surface area (Å²) >= 11 is 3.28. The molecule has 3 aromatic rings. The van der Waals surface area contributed by atoms with Gasteiger partial charge in [0.15, 0.2) is 0 Å². The maximum atomic E-state index is 13.7. The van der Waals surface area contributed by atoms with Gasteiger partial charge in [-0.25, -0.2) is 19.8 Å². The summed E-state index contributed by atoms with van der Waals surface area (Å²) in [6.07, 6.45) is 7.54. The monoisotopic (exact) mass is 482 g/mol. The smallest absolute Gasteiger partial charge is 0.238 e. The first kappa shape index (κ1) is 19.8. The zero-order chi connectivity index (χ0) is 21.5. The maximum absolute atomic E-state index is 13.7. The molecule has 31 heavy (non-hydrogen) atoms. The van der Waals surface area contributed by atoms with Gasteiger partial charge in [-0.15, -0.1) is 0 Å². The Labute approximate surface area is 187 Å². The molecule has 9 heteroatoms. The number of nitrogens with zero attached hydrogens (tertiary/aromatic N) is 4. The van der Waals surface area contributed by atoms with Gasteiger partial charge in [0.2, 0.25) is 5.88 Å². The Hall–Kier alpha value is -3.17. The maximum Gasteiger partial charge on any atom is 0.238 e. The average molecular weight is 483 g/mol. The Kier molecular flexibility index (Phi) is 4.99. The molecule has 2 aliphatic heterocycles. The van der Waals surface area contributed by atoms with Crippen LogP contribution in [0.3, 0.4) is 0 Å². The summed E-state index contributed by atoms with van der Waals surface area (Å²) in [6, 6.07) is 8.94. The van der Waals surface area contributed by atoms with Crippen LogP contribution < -0.4 is 15.5 Å². The fourth-order valence-corrected chi connectivity index (χ4v) is 4.11. The Morgan fingerprint density at radius 1 is 1.26 bits per heavy atom. The molecule has 0 bridgehead atoms. The van der Waals surface area contributed by atoms with Gasteiger partial charge in [0.25, 0.3) is 0 Å². The van der Waals surface area contributed by atoms with E-state index in [2.05, 4.69) is 37.7 Å². The summed E-state index contributed by atoms with van der Waals surface area (Å²) in [5, 5.41) is 5.53. The van der Waals surface area contributed by atoms with Crippen LogP contribution in [-0.4, -0.2) is 33.2 Å². The van der Waals surface area contributed by atoms with E-state index in [1.807, 2.05) is 40.9 Å². The molecule has 2 N–H and O–H groups in total. The molecule has 1 aromatic carbocycles. The van der Waals surface area contributed by atoms with Crippen LogP contribution >= 0.6 is 15.9 Å². The van der Waals surface area contributed by atoms with E-state index in [-0.39, 0.29) is 12.0 Å². The fraction of sp³-hybridized carbons (Fsp3) is 0.182. The van der Waals surface area contributed by atoms with Crippen molar-refractivity contribution in [2.75, 3.05) is 13.7 Å². The number of methoxy groups -OCH3 is 1. The molecule has 1 fully saturated rings. The van der Waals surface area contributed by atoms with Gasteiger partial charge in [-0.05, 0) is 52.7 Å². The van der Waals surface area contributed by atoms with Gasteiger partial charge in [0.1, 0.15) is 23.5 Å². The van der Waals surface area contributed by atoms with Crippen LogP contribution in [0.1, 0.15) is 23.1 Å². The first-order chi connectivity index (χ1) is 15.0. The van der Waals surface area contributed by atoms with Crippen molar-refractivity contribution < 1.29 is 9.13 Å². The van der Waals surface area contributed by atoms with Crippen molar-refractivity contribution >= 4 is 21.5 Å². The highest BCUT2D eigenvalue weighted by Crippen LogP contribution is 2.32. The van der Waals surface area contributed by atoms with Crippen LogP contribution in [0.25, 0.3) is 11.3 Å². The number of pyridine rings is 1. The zero-order valence-corrected chi connectivity index (χ0v) is 18.5. The average Bonchev–Trinajstić information content (AvgIpc) is 3.41. The molecule has 0 amide bonds. The molecule has 1 atom stereocenters. The van der Waals surface area contributed by atoms with Crippen molar-refractivity contribution in [2.24, 2.45) is 0 Å². The number of rotatable bonds is 4. The highest BCUT2D eigenvalue weighted by Gasteiger charge is 2.31. The number of hydrogen-bond donors (Lipinski definition) is 2. The zero-order valence-electron chi connectivity index (χ0n) is 16.9. The first-order valence-electron chi connectivity index (χ1n) is 9.76. The number of imidazole rings is 1. The van der Waals surface area contributed by atoms with Gasteiger partial charge in [-0.2, -0.15) is 0 Å². The SMILES string of the molecule is COc1nc(C2NC3=C(c4ccc(F)c(Br)c4)C=CCN3N2)ccc1-n1cnc(C)c1. The van der Waals surface area contributed by atoms with Crippen molar-refractivity contribution in [1.82, 2.24) is 30.3 Å². The molecule has 5 rings (SSSR count). The molecule has 0 aliphatic carbocycles. The summed E-state index contributed by atoms with van der Waals surface area (Å²) in [7, 11) is 1.61. The van der Waals surface area contributed by atoms with Crippen LogP contribution in [0.4, 0.5) is 4.39 Å². The number of hydrazine groups is 1. The van der Waals surface area contributed by atoms with Crippen molar-refractivity contribution in [1.29, 1.82) is 0 Å². The van der Waals surface area contributed by atoms with E-state index in [0.29, 0.717) is 16.9 Å². The summed E-state index contributed by atoms with van der Waals surface area (Å²) in [6.45, 7) is 2.64. The van der Waals surface area contributed by atoms with Gasteiger partial charge in [0, 0.05) is 11.8 Å². The van der Waals surface area contributed by atoms with Gasteiger partial charge in [-0.3, -0.25) is 5.01 Å². The van der Waals surface area contributed by atoms with Crippen molar-refractivity contribution in [3.8, 4) is 11.6 Å². The van der Waals surface area contributed by atoms with E-state index in [4.69, 9.17) is 9.72 Å². The summed E-state index contributed by atoms with van der Waals surface area (Å²) in [5.74, 6) is 1.14. The quantitative estimate of drug-likeness (QED) is 0.588. The van der Waals surface area contributed by atoms with Crippen LogP contribution in [0, 0.1) is 12.7 Å². The molecule has 158 valence electrons. The molecule has 0 radical (unpaired) electrons. The number of halogens is 2. The van der Waals surface area contributed by atoms with Gasteiger partial charge in [0.05, 0.1) is 35.8 Å². The third-order valence-corrected chi connectivity index (χ3v) is 5.84. The number of ether oxygens (including phenoxy) is 1. The Balaban J connectivity index is 1.47. The Morgan fingerprint density at radius 2 is 2.13 bits per heavy atom. The minimum Gasteiger partial charge on any atom is -0.479 e. The van der Waals surface area contributed by atoms with Gasteiger partial charge >= 0.3 is 0 Å². The lowest BCUT2D eigenvalue weighted by molar-refractivity contribution is 0.294. The predicted molar refractivity (Wildman–Crippen MR) is 119 cm³/mol. The second-order valence-electron chi connectivity index (χ2n) is 7.30. The predicted octanol–water partition coefficient (Wildman–Crippen LogP) is 3.83. The molecule has 4 heterocycles. The van der Waals surface area contributed by atoms with Gasteiger partial charge in [-0.1, -0.05) is 18.2 Å². The summed E-state index contributed by atoms with van der Waals surface area (Å²) in [5.41, 5.74) is 7.85. The number of hydrogen-bond acceptors (Lipinski definition) is 6. The molecule has 1 saturated heterocycles. The van der Waals surface area contributed by atoms with Crippen molar-refractivity contribution in [2.45, 2.75) is 13.1 Å². The molecule has 2 aromatic heterocycles. The van der Waals surface area contributed by atoms with E-state index < -0.39 is 0 Å². The minimum atomic E-state index is -0.286. The van der Waals surface area contributed by atoms with E-state index >= 15 is 0 Å². The second-order valence-corrected chi connectivity index (χ2v) is 8.15. The number of fused-ring (bicyclic) bond motifs is 1. The highest BCUT2D eigenvalue weighted by atomic mass is 79.9. The number of benzene rings is 1. The Morgan fingerprint density at radius 3 is 2.87 bits per heavy atom. The van der Waals surface area contributed by atoms with Crippen LogP contribution in [0.2, 0.25) is 0 Å². The molecule has 7 nitrogen and oxygen atoms in total. The molecule has 0 spiro atoms. The Bertz CT molecular complexity index is 1220. The van der Waals surface area contributed by atoms with Crippen LogP contribution in [0.15, 0.2) is 65.3 Å². The van der Waals surface area contributed by atoms with Crippen LogP contribution in [-0.2, 0) is 0 Å². The summed E-state index contributed by atoms with van der Waals surface area (Å²) in [4.78, 5) is 8.99. The van der Waals surface area contributed by atoms with E-state index in [1.165, 1.54) is 6.07 Å². The van der Waals surface area contributed by atoms with E-state index in [9.17, 15) is 4.39 Å². The molecular weight excluding hydrogens is 463 g/mol. The van der Waals surface area contributed by atoms with Crippen molar-refractivity contribution in [3.05, 3.63) is 88.1 Å². The third-order valence-electron chi connectivity index (χ3n) is 5.23. The second kappa shape index (κ2) is 7.82. The lowest BCUT2D eigenvalue weighted by Gasteiger charge is -2.23. The number of allylic oxidation sites excluding steroid dienone is 2. The highest BCUT2D eigenvalue weighted by molar-refractivity contribution is 9.10. The standard InChI is InChI=1S/C22H20BrFN6O/c1-13-11-29(12-25-13)19-8-7-18(26-22(19)31-2)20-27-21-15(4-3-9-30(21)28-20)14-5-6-17(24)16(23)10-14/h3-8,10-12,20,27-28H,9H2,1-2H3. The van der Waals surface area contributed by atoms with E-state index in [0.717, 1.165) is 34.0 Å². The molecule has 0 saturated carbocycles. The number of aryl methyl sites for hydroxylation is 1. The molecular formula is C22H20BrFN6O. The number of nitrogens with one attached hydrogen (secondary N) is 2. The topological polar surface area (TPSA) is 67.2 Å². The van der Waals surface area contributed by atoms with Gasteiger partial charge < -0.3 is 14.6 Å². The van der Waals surface area contributed by atoms with E-state index in [1.54, 1.807) is 25.6 Å². The third kappa shape index (κ3) is 3.60. The molecule has 1 unspecified atom stereocenters. The lowest BCUT2D eigenvalue weighted by Crippen LogP contribution is -2.33. The number of aromatic nitrogens is 3. The molecule has 2 aliphatic rings. The minimum absolute atomic E-state index is 0.235. The summed E-state index contributed by atoms with van der Waals surface area (Å²) < 4.78 is 21.6. The van der Waals surface area contributed by atoms with Crippen LogP contribution in [0.5, 0.6) is 5.88 Å². The normalized spacial score (nSPS) is 17.7. The first-order valence-corrected chi connectivity index (χ1v) is 10.5. The van der Waals surface area contributed by atoms with Crippen molar-refractivity contribution in [3.63, 3.8) is 0 Å². The largest absolute Gasteiger partial charge is 0.479 e. The fourth-order valence-electron chi connectivity index (χ4n) is 3.73.